The molecule has 0 aliphatic heterocycles. The highest BCUT2D eigenvalue weighted by Crippen LogP contribution is 2.47. The average molecular weight is 449 g/mol. The van der Waals surface area contributed by atoms with E-state index in [4.69, 9.17) is 4.74 Å². The predicted molar refractivity (Wildman–Crippen MR) is 122 cm³/mol. The van der Waals surface area contributed by atoms with Crippen LogP contribution in [0.4, 0.5) is 4.79 Å². The number of aliphatic carboxylic acids is 1. The van der Waals surface area contributed by atoms with E-state index in [1.165, 1.54) is 12.8 Å². The Morgan fingerprint density at radius 3 is 2.06 bits per heavy atom. The van der Waals surface area contributed by atoms with Gasteiger partial charge in [0.05, 0.1) is 6.42 Å². The van der Waals surface area contributed by atoms with Gasteiger partial charge in [0, 0.05) is 12.0 Å². The van der Waals surface area contributed by atoms with Gasteiger partial charge in [0.15, 0.2) is 0 Å². The minimum absolute atomic E-state index is 0.0515. The Morgan fingerprint density at radius 2 is 1.52 bits per heavy atom. The van der Waals surface area contributed by atoms with Crippen LogP contribution in [0.1, 0.15) is 49.1 Å². The lowest BCUT2D eigenvalue weighted by Crippen LogP contribution is -2.50. The summed E-state index contributed by atoms with van der Waals surface area (Å²) in [5.74, 6) is -0.381. The van der Waals surface area contributed by atoms with Crippen molar-refractivity contribution in [2.24, 2.45) is 11.8 Å². The molecule has 172 valence electrons. The summed E-state index contributed by atoms with van der Waals surface area (Å²) in [6.07, 6.45) is 2.99. The Labute approximate surface area is 192 Å². The van der Waals surface area contributed by atoms with Crippen LogP contribution in [0.3, 0.4) is 0 Å². The number of hydrogen-bond donors (Lipinski definition) is 3. The zero-order chi connectivity index (χ0) is 22.9. The second kappa shape index (κ2) is 8.89. The van der Waals surface area contributed by atoms with Crippen LogP contribution in [0, 0.1) is 11.8 Å². The van der Waals surface area contributed by atoms with Crippen molar-refractivity contribution < 1.29 is 24.2 Å². The summed E-state index contributed by atoms with van der Waals surface area (Å²) in [6, 6.07) is 14.9. The van der Waals surface area contributed by atoms with Crippen LogP contribution in [0.15, 0.2) is 48.5 Å². The van der Waals surface area contributed by atoms with Crippen molar-refractivity contribution in [3.8, 4) is 11.1 Å². The van der Waals surface area contributed by atoms with Gasteiger partial charge in [-0.3, -0.25) is 9.59 Å². The molecule has 7 heteroatoms. The van der Waals surface area contributed by atoms with Crippen molar-refractivity contribution in [3.05, 3.63) is 59.7 Å². The third-order valence-corrected chi connectivity index (χ3v) is 7.43. The van der Waals surface area contributed by atoms with Gasteiger partial charge in [-0.15, -0.1) is 0 Å². The molecule has 2 aromatic carbocycles. The molecule has 3 aliphatic rings. The van der Waals surface area contributed by atoms with Crippen molar-refractivity contribution in [2.75, 3.05) is 6.61 Å². The molecule has 2 aromatic rings. The van der Waals surface area contributed by atoms with Crippen LogP contribution in [0.5, 0.6) is 0 Å². The molecule has 2 amide bonds. The summed E-state index contributed by atoms with van der Waals surface area (Å²) >= 11 is 0. The van der Waals surface area contributed by atoms with Gasteiger partial charge < -0.3 is 20.5 Å². The number of carboxylic acid groups (broad SMARTS) is 1. The zero-order valence-corrected chi connectivity index (χ0v) is 18.3. The number of ether oxygens (including phenoxy) is 1. The molecule has 0 spiro atoms. The first-order valence-corrected chi connectivity index (χ1v) is 11.6. The van der Waals surface area contributed by atoms with Gasteiger partial charge in [-0.05, 0) is 59.8 Å². The molecule has 7 nitrogen and oxygen atoms in total. The van der Waals surface area contributed by atoms with Crippen molar-refractivity contribution in [1.82, 2.24) is 10.6 Å². The molecule has 0 saturated heterocycles. The minimum atomic E-state index is -1.17. The fourth-order valence-electron chi connectivity index (χ4n) is 5.67. The van der Waals surface area contributed by atoms with Crippen molar-refractivity contribution >= 4 is 18.0 Å². The smallest absolute Gasteiger partial charge is 0.407 e. The van der Waals surface area contributed by atoms with Crippen LogP contribution in [0.2, 0.25) is 0 Å². The van der Waals surface area contributed by atoms with Crippen LogP contribution in [-0.2, 0) is 14.3 Å². The van der Waals surface area contributed by atoms with E-state index in [1.54, 1.807) is 0 Å². The molecule has 33 heavy (non-hydrogen) atoms. The van der Waals surface area contributed by atoms with E-state index < -0.39 is 30.4 Å². The Kier molecular flexibility index (Phi) is 5.79. The maximum absolute atomic E-state index is 12.7. The number of alkyl carbamates (subject to hydrolysis) is 1. The van der Waals surface area contributed by atoms with Gasteiger partial charge in [0.1, 0.15) is 12.6 Å². The first kappa shape index (κ1) is 21.5. The number of carboxylic acids is 1. The van der Waals surface area contributed by atoms with Gasteiger partial charge in [0.2, 0.25) is 5.91 Å². The normalized spacial score (nSPS) is 23.5. The highest BCUT2D eigenvalue weighted by molar-refractivity contribution is 5.89. The molecular formula is C26H28N2O5. The molecule has 0 heterocycles. The zero-order valence-electron chi connectivity index (χ0n) is 18.3. The SMILES string of the molecule is O=C(O)CC(NC(=O)OCC1c2ccccc2-c2ccccc21)C(=O)NC1CC2CCC2C1. The first-order chi connectivity index (χ1) is 16.0. The molecule has 2 fully saturated rings. The van der Waals surface area contributed by atoms with Crippen molar-refractivity contribution in [1.29, 1.82) is 0 Å². The minimum Gasteiger partial charge on any atom is -0.481 e. The number of rotatable bonds is 7. The maximum Gasteiger partial charge on any atom is 0.407 e. The molecule has 3 unspecified atom stereocenters. The lowest BCUT2D eigenvalue weighted by Gasteiger charge is -2.29. The number of hydrogen-bond acceptors (Lipinski definition) is 4. The highest BCUT2D eigenvalue weighted by Gasteiger charge is 2.41. The summed E-state index contributed by atoms with van der Waals surface area (Å²) in [5.41, 5.74) is 4.41. The molecule has 0 aromatic heterocycles. The van der Waals surface area contributed by atoms with Gasteiger partial charge in [-0.25, -0.2) is 4.79 Å². The molecule has 3 N–H and O–H groups in total. The predicted octanol–water partition coefficient (Wildman–Crippen LogP) is 3.67. The monoisotopic (exact) mass is 448 g/mol. The summed E-state index contributed by atoms with van der Waals surface area (Å²) in [7, 11) is 0. The molecule has 5 rings (SSSR count). The van der Waals surface area contributed by atoms with E-state index in [0.717, 1.165) is 35.1 Å². The van der Waals surface area contributed by atoms with E-state index in [0.29, 0.717) is 11.8 Å². The van der Waals surface area contributed by atoms with E-state index in [1.807, 2.05) is 36.4 Å². The van der Waals surface area contributed by atoms with E-state index in [9.17, 15) is 19.5 Å². The average Bonchev–Trinajstić information content (AvgIpc) is 3.25. The Balaban J connectivity index is 1.21. The van der Waals surface area contributed by atoms with E-state index in [2.05, 4.69) is 22.8 Å². The third-order valence-electron chi connectivity index (χ3n) is 7.43. The fourth-order valence-corrected chi connectivity index (χ4v) is 5.67. The molecule has 3 atom stereocenters. The summed E-state index contributed by atoms with van der Waals surface area (Å²) in [5, 5.41) is 14.7. The standard InChI is InChI=1S/C26H28N2O5/c29-24(30)13-23(25(31)27-17-11-15-9-10-16(15)12-17)28-26(32)33-14-22-20-7-3-1-5-18(20)19-6-2-4-8-21(19)22/h1-8,15-17,22-23H,9-14H2,(H,27,31)(H,28,32)(H,29,30). The number of carbonyl (C=O) groups is 3. The topological polar surface area (TPSA) is 105 Å². The Hall–Kier alpha value is -3.35. The highest BCUT2D eigenvalue weighted by atomic mass is 16.5. The molecule has 2 saturated carbocycles. The number of nitrogens with one attached hydrogen (secondary N) is 2. The summed E-state index contributed by atoms with van der Waals surface area (Å²) in [6.45, 7) is 0.104. The fraction of sp³-hybridized carbons (Fsp3) is 0.423. The second-order valence-corrected chi connectivity index (χ2v) is 9.39. The van der Waals surface area contributed by atoms with Gasteiger partial charge >= 0.3 is 12.1 Å². The number of amides is 2. The van der Waals surface area contributed by atoms with Crippen molar-refractivity contribution in [3.63, 3.8) is 0 Å². The van der Waals surface area contributed by atoms with E-state index in [-0.39, 0.29) is 18.6 Å². The number of carbonyl (C=O) groups excluding carboxylic acids is 2. The van der Waals surface area contributed by atoms with Crippen molar-refractivity contribution in [2.45, 2.75) is 50.1 Å². The van der Waals surface area contributed by atoms with Crippen LogP contribution in [-0.4, -0.2) is 41.8 Å². The first-order valence-electron chi connectivity index (χ1n) is 11.6. The molecule has 3 aliphatic carbocycles. The number of fused-ring (bicyclic) bond motifs is 4. The summed E-state index contributed by atoms with van der Waals surface area (Å²) < 4.78 is 5.49. The lowest BCUT2D eigenvalue weighted by molar-refractivity contribution is -0.140. The van der Waals surface area contributed by atoms with Gasteiger partial charge in [0.25, 0.3) is 0 Å². The maximum atomic E-state index is 12.7. The lowest BCUT2D eigenvalue weighted by atomic mass is 9.77. The van der Waals surface area contributed by atoms with E-state index >= 15 is 0 Å². The van der Waals surface area contributed by atoms with Gasteiger partial charge in [-0.2, -0.15) is 0 Å². The van der Waals surface area contributed by atoms with Crippen LogP contribution < -0.4 is 10.6 Å². The van der Waals surface area contributed by atoms with Crippen LogP contribution in [0.25, 0.3) is 11.1 Å². The largest absolute Gasteiger partial charge is 0.481 e. The molecular weight excluding hydrogens is 420 g/mol. The number of benzene rings is 2. The van der Waals surface area contributed by atoms with Gasteiger partial charge in [-0.1, -0.05) is 48.5 Å². The van der Waals surface area contributed by atoms with Crippen LogP contribution >= 0.6 is 0 Å². The third kappa shape index (κ3) is 4.32. The second-order valence-electron chi connectivity index (χ2n) is 9.39. The quantitative estimate of drug-likeness (QED) is 0.599. The molecule has 0 bridgehead atoms. The summed E-state index contributed by atoms with van der Waals surface area (Å²) in [4.78, 5) is 36.6. The molecule has 0 radical (unpaired) electrons. The Morgan fingerprint density at radius 1 is 0.939 bits per heavy atom. The Bertz CT molecular complexity index is 1030.